The molecule has 0 spiro atoms. The molecule has 3 N–H and O–H groups in total. The second-order valence-corrected chi connectivity index (χ2v) is 6.43. The van der Waals surface area contributed by atoms with Gasteiger partial charge in [0.25, 0.3) is 0 Å². The standard InChI is InChI=1S/C15H21N9O.C3H4O/c1-16-9-4-5-24(7-9)15-20-12(11-13(21-15)23(2)8-17-11)19-10-6-18-22-14(10)25-3;1-2-3-4/h6,8-9,16H,4-5,7H2,1-3H3,(H,18,22)(H,19,20,21);2-3H,1H2. The number of H-pyrrole nitrogens is 1. The third-order valence-electron chi connectivity index (χ3n) is 4.59. The van der Waals surface area contributed by atoms with Gasteiger partial charge in [-0.1, -0.05) is 6.58 Å². The molecule has 1 atom stereocenters. The summed E-state index contributed by atoms with van der Waals surface area (Å²) in [5.74, 6) is 1.87. The summed E-state index contributed by atoms with van der Waals surface area (Å²) in [6, 6.07) is 0.455. The number of nitrogens with zero attached hydrogens (tertiary/aromatic N) is 6. The zero-order valence-corrected chi connectivity index (χ0v) is 16.7. The van der Waals surface area contributed by atoms with Crippen molar-refractivity contribution in [1.29, 1.82) is 0 Å². The fourth-order valence-corrected chi connectivity index (χ4v) is 3.05. The average molecular weight is 399 g/mol. The largest absolute Gasteiger partial charge is 0.480 e. The number of anilines is 3. The number of rotatable bonds is 6. The Balaban J connectivity index is 0.000000552. The first-order valence-corrected chi connectivity index (χ1v) is 9.13. The highest BCUT2D eigenvalue weighted by molar-refractivity contribution is 5.87. The summed E-state index contributed by atoms with van der Waals surface area (Å²) in [5, 5.41) is 13.4. The van der Waals surface area contributed by atoms with Gasteiger partial charge in [-0.15, -0.1) is 0 Å². The van der Waals surface area contributed by atoms with Crippen molar-refractivity contribution in [3.05, 3.63) is 25.2 Å². The van der Waals surface area contributed by atoms with Crippen molar-refractivity contribution >= 4 is 34.9 Å². The molecule has 1 aliphatic heterocycles. The molecule has 0 saturated carbocycles. The van der Waals surface area contributed by atoms with Gasteiger partial charge in [0, 0.05) is 26.2 Å². The molecule has 1 aliphatic rings. The molecule has 1 saturated heterocycles. The quantitative estimate of drug-likeness (QED) is 0.411. The van der Waals surface area contributed by atoms with E-state index in [9.17, 15) is 0 Å². The number of allylic oxidation sites excluding steroid dienone is 1. The molecule has 11 heteroatoms. The van der Waals surface area contributed by atoms with Gasteiger partial charge in [0.15, 0.2) is 17.0 Å². The maximum Gasteiger partial charge on any atom is 0.233 e. The number of nitrogens with one attached hydrogen (secondary N) is 3. The van der Waals surface area contributed by atoms with Gasteiger partial charge in [-0.25, -0.2) is 10.1 Å². The Morgan fingerprint density at radius 1 is 1.41 bits per heavy atom. The Morgan fingerprint density at radius 3 is 2.86 bits per heavy atom. The lowest BCUT2D eigenvalue weighted by atomic mass is 10.3. The SMILES string of the molecule is C=CC=O.CNC1CCN(c2nc(Nc3cn[nH]c3OC)c3ncn(C)c3n2)C1. The second kappa shape index (κ2) is 9.15. The molecule has 0 bridgehead atoms. The Hall–Kier alpha value is -3.47. The number of hydrogen-bond acceptors (Lipinski definition) is 9. The molecular formula is C18H25N9O2. The molecule has 0 aliphatic carbocycles. The summed E-state index contributed by atoms with van der Waals surface area (Å²) >= 11 is 0. The van der Waals surface area contributed by atoms with Gasteiger partial charge >= 0.3 is 0 Å². The third-order valence-corrected chi connectivity index (χ3v) is 4.59. The fraction of sp³-hybridized carbons (Fsp3) is 0.389. The number of imidazole rings is 1. The van der Waals surface area contributed by atoms with Crippen LogP contribution in [0.5, 0.6) is 5.88 Å². The van der Waals surface area contributed by atoms with E-state index in [1.165, 1.54) is 6.08 Å². The Morgan fingerprint density at radius 2 is 2.21 bits per heavy atom. The van der Waals surface area contributed by atoms with E-state index >= 15 is 0 Å². The minimum absolute atomic E-state index is 0.455. The smallest absolute Gasteiger partial charge is 0.233 e. The van der Waals surface area contributed by atoms with E-state index < -0.39 is 0 Å². The molecule has 4 heterocycles. The molecule has 1 fully saturated rings. The molecule has 11 nitrogen and oxygen atoms in total. The minimum atomic E-state index is 0.455. The first-order valence-electron chi connectivity index (χ1n) is 9.13. The topological polar surface area (TPSA) is 126 Å². The third kappa shape index (κ3) is 4.35. The van der Waals surface area contributed by atoms with Crippen LogP contribution in [0.2, 0.25) is 0 Å². The monoisotopic (exact) mass is 399 g/mol. The molecule has 0 amide bonds. The van der Waals surface area contributed by atoms with Crippen LogP contribution in [0.15, 0.2) is 25.2 Å². The van der Waals surface area contributed by atoms with E-state index in [4.69, 9.17) is 19.5 Å². The number of likely N-dealkylation sites (N-methyl/N-ethyl adjacent to an activating group) is 1. The van der Waals surface area contributed by atoms with Crippen molar-refractivity contribution in [1.82, 2.24) is 35.0 Å². The van der Waals surface area contributed by atoms with Crippen molar-refractivity contribution < 1.29 is 9.53 Å². The highest BCUT2D eigenvalue weighted by atomic mass is 16.5. The highest BCUT2D eigenvalue weighted by Crippen LogP contribution is 2.29. The molecule has 4 rings (SSSR count). The van der Waals surface area contributed by atoms with Crippen LogP contribution in [0.1, 0.15) is 6.42 Å². The van der Waals surface area contributed by atoms with Crippen LogP contribution < -0.4 is 20.3 Å². The van der Waals surface area contributed by atoms with Gasteiger partial charge in [0.2, 0.25) is 11.8 Å². The number of hydrogen-bond donors (Lipinski definition) is 3. The first-order chi connectivity index (χ1) is 14.1. The zero-order chi connectivity index (χ0) is 20.8. The van der Waals surface area contributed by atoms with Crippen molar-refractivity contribution in [3.63, 3.8) is 0 Å². The van der Waals surface area contributed by atoms with E-state index in [1.807, 2.05) is 18.7 Å². The number of aromatic amines is 1. The van der Waals surface area contributed by atoms with Crippen LogP contribution in [0.25, 0.3) is 11.2 Å². The van der Waals surface area contributed by atoms with Crippen LogP contribution in [0.4, 0.5) is 17.5 Å². The lowest BCUT2D eigenvalue weighted by Gasteiger charge is -2.17. The number of aromatic nitrogens is 6. The van der Waals surface area contributed by atoms with Crippen molar-refractivity contribution in [2.75, 3.05) is 37.5 Å². The number of methoxy groups -OCH3 is 1. The number of carbonyl (C=O) groups excluding carboxylic acids is 1. The highest BCUT2D eigenvalue weighted by Gasteiger charge is 2.25. The maximum atomic E-state index is 9.06. The van der Waals surface area contributed by atoms with Crippen LogP contribution in [0, 0.1) is 0 Å². The summed E-state index contributed by atoms with van der Waals surface area (Å²) < 4.78 is 7.16. The summed E-state index contributed by atoms with van der Waals surface area (Å²) in [7, 11) is 5.49. The lowest BCUT2D eigenvalue weighted by molar-refractivity contribution is -0.104. The van der Waals surface area contributed by atoms with E-state index in [0.29, 0.717) is 41.2 Å². The van der Waals surface area contributed by atoms with E-state index in [0.717, 1.165) is 25.2 Å². The molecule has 29 heavy (non-hydrogen) atoms. The number of aldehydes is 1. The Labute approximate surface area is 168 Å². The second-order valence-electron chi connectivity index (χ2n) is 6.43. The molecule has 0 aromatic carbocycles. The Kier molecular flexibility index (Phi) is 6.39. The molecular weight excluding hydrogens is 374 g/mol. The normalized spacial score (nSPS) is 15.7. The van der Waals surface area contributed by atoms with Gasteiger partial charge in [-0.05, 0) is 19.5 Å². The van der Waals surface area contributed by atoms with E-state index in [1.54, 1.807) is 19.6 Å². The summed E-state index contributed by atoms with van der Waals surface area (Å²) in [6.07, 6.45) is 6.30. The summed E-state index contributed by atoms with van der Waals surface area (Å²) in [5.41, 5.74) is 2.19. The van der Waals surface area contributed by atoms with Crippen molar-refractivity contribution in [2.45, 2.75) is 12.5 Å². The molecule has 0 radical (unpaired) electrons. The van der Waals surface area contributed by atoms with Gasteiger partial charge in [0.05, 0.1) is 19.6 Å². The predicted molar refractivity (Wildman–Crippen MR) is 111 cm³/mol. The number of ether oxygens (including phenoxy) is 1. The van der Waals surface area contributed by atoms with Crippen molar-refractivity contribution in [2.24, 2.45) is 7.05 Å². The van der Waals surface area contributed by atoms with Crippen LogP contribution in [-0.2, 0) is 11.8 Å². The van der Waals surface area contributed by atoms with Gasteiger partial charge in [-0.3, -0.25) is 4.79 Å². The van der Waals surface area contributed by atoms with E-state index in [-0.39, 0.29) is 0 Å². The van der Waals surface area contributed by atoms with Gasteiger partial charge < -0.3 is 24.8 Å². The Bertz CT molecular complexity index is 975. The summed E-state index contributed by atoms with van der Waals surface area (Å²) in [4.78, 5) is 25.1. The van der Waals surface area contributed by atoms with Gasteiger partial charge in [-0.2, -0.15) is 15.1 Å². The van der Waals surface area contributed by atoms with E-state index in [2.05, 4.69) is 37.3 Å². The first kappa shape index (κ1) is 20.3. The van der Waals surface area contributed by atoms with Crippen LogP contribution in [0.3, 0.4) is 0 Å². The lowest BCUT2D eigenvalue weighted by Crippen LogP contribution is -2.30. The maximum absolute atomic E-state index is 9.06. The zero-order valence-electron chi connectivity index (χ0n) is 16.7. The fourth-order valence-electron chi connectivity index (χ4n) is 3.05. The molecule has 3 aromatic rings. The summed E-state index contributed by atoms with van der Waals surface area (Å²) in [6.45, 7) is 4.91. The molecule has 3 aromatic heterocycles. The number of fused-ring (bicyclic) bond motifs is 1. The molecule has 1 unspecified atom stereocenters. The average Bonchev–Trinajstić information content (AvgIpc) is 3.48. The number of carbonyl (C=O) groups is 1. The van der Waals surface area contributed by atoms with Crippen LogP contribution >= 0.6 is 0 Å². The van der Waals surface area contributed by atoms with Crippen molar-refractivity contribution in [3.8, 4) is 5.88 Å². The van der Waals surface area contributed by atoms with Crippen LogP contribution in [-0.4, -0.2) is 69.3 Å². The van der Waals surface area contributed by atoms with Gasteiger partial charge in [0.1, 0.15) is 12.0 Å². The molecule has 154 valence electrons. The minimum Gasteiger partial charge on any atom is -0.480 e. The predicted octanol–water partition coefficient (Wildman–Crippen LogP) is 1.01. The number of aryl methyl sites for hydroxylation is 1.